The number of aryl methyl sites for hydroxylation is 2. The number of hydrogen-bond acceptors (Lipinski definition) is 6. The second kappa shape index (κ2) is 9.59. The van der Waals surface area contributed by atoms with Gasteiger partial charge in [-0.15, -0.1) is 0 Å². The lowest BCUT2D eigenvalue weighted by atomic mass is 10.1. The highest BCUT2D eigenvalue weighted by atomic mass is 19.4. The molecular formula is C27H24F3N7O3. The molecule has 13 heteroatoms. The fraction of sp³-hybridized carbons (Fsp3) is 0.296. The van der Waals surface area contributed by atoms with Gasteiger partial charge in [0, 0.05) is 30.7 Å². The van der Waals surface area contributed by atoms with Gasteiger partial charge in [-0.05, 0) is 30.7 Å². The van der Waals surface area contributed by atoms with Crippen molar-refractivity contribution < 1.29 is 22.7 Å². The molecule has 1 aliphatic rings. The van der Waals surface area contributed by atoms with Crippen molar-refractivity contribution in [2.75, 3.05) is 19.7 Å². The maximum absolute atomic E-state index is 13.7. The number of carbonyl (C=O) groups excluding carboxylic acids is 1. The number of fused-ring (bicyclic) bond motifs is 2. The molecule has 0 saturated carbocycles. The second-order valence-corrected chi connectivity index (χ2v) is 9.68. The number of hydrogen-bond donors (Lipinski definition) is 0. The van der Waals surface area contributed by atoms with Crippen LogP contribution in [0.25, 0.3) is 38.9 Å². The minimum Gasteiger partial charge on any atom is -0.365 e. The van der Waals surface area contributed by atoms with Crippen LogP contribution in [0.3, 0.4) is 0 Å². The Kier molecular flexibility index (Phi) is 6.17. The normalized spacial score (nSPS) is 16.2. The first-order chi connectivity index (χ1) is 19.1. The first-order valence-electron chi connectivity index (χ1n) is 12.5. The van der Waals surface area contributed by atoms with Crippen molar-refractivity contribution in [1.29, 1.82) is 0 Å². The number of benzene rings is 1. The van der Waals surface area contributed by atoms with Gasteiger partial charge in [0.15, 0.2) is 6.10 Å². The van der Waals surface area contributed by atoms with Gasteiger partial charge in [-0.1, -0.05) is 12.1 Å². The Labute approximate surface area is 225 Å². The third-order valence-electron chi connectivity index (χ3n) is 7.19. The van der Waals surface area contributed by atoms with E-state index in [1.54, 1.807) is 53.7 Å². The number of nitrogens with zero attached hydrogens (tertiary/aromatic N) is 7. The van der Waals surface area contributed by atoms with Crippen molar-refractivity contribution in [2.24, 2.45) is 7.05 Å². The van der Waals surface area contributed by atoms with Gasteiger partial charge in [0.25, 0.3) is 0 Å². The van der Waals surface area contributed by atoms with Gasteiger partial charge < -0.3 is 9.64 Å². The van der Waals surface area contributed by atoms with Crippen LogP contribution in [-0.2, 0) is 23.1 Å². The molecule has 40 heavy (non-hydrogen) atoms. The SMILES string of the molecule is Cc1cccc2c1n(-c1ccc(-c3cncc4c3cnn4C)nc1)c(=O)n2CC(=O)N1CCO[C@H](C(F)(F)F)C1. The number of aromatic nitrogens is 6. The summed E-state index contributed by atoms with van der Waals surface area (Å²) in [4.78, 5) is 36.8. The Balaban J connectivity index is 1.37. The molecule has 1 amide bonds. The third kappa shape index (κ3) is 4.31. The number of para-hydroxylation sites is 1. The Bertz CT molecular complexity index is 1800. The van der Waals surface area contributed by atoms with Crippen LogP contribution in [-0.4, -0.2) is 71.7 Å². The van der Waals surface area contributed by atoms with Crippen molar-refractivity contribution >= 4 is 27.8 Å². The van der Waals surface area contributed by atoms with Crippen LogP contribution in [0.15, 0.2) is 59.9 Å². The quantitative estimate of drug-likeness (QED) is 0.340. The molecule has 4 aromatic heterocycles. The second-order valence-electron chi connectivity index (χ2n) is 9.68. The van der Waals surface area contributed by atoms with Gasteiger partial charge in [-0.25, -0.2) is 4.79 Å². The van der Waals surface area contributed by atoms with Crippen LogP contribution in [0.5, 0.6) is 0 Å². The molecule has 206 valence electrons. The fourth-order valence-corrected chi connectivity index (χ4v) is 5.11. The monoisotopic (exact) mass is 551 g/mol. The molecule has 1 atom stereocenters. The van der Waals surface area contributed by atoms with Crippen LogP contribution >= 0.6 is 0 Å². The number of ether oxygens (including phenoxy) is 1. The van der Waals surface area contributed by atoms with Gasteiger partial charge in [0.2, 0.25) is 5.91 Å². The van der Waals surface area contributed by atoms with Crippen LogP contribution in [0, 0.1) is 6.92 Å². The smallest absolute Gasteiger partial charge is 0.365 e. The van der Waals surface area contributed by atoms with Crippen molar-refractivity contribution in [3.63, 3.8) is 0 Å². The van der Waals surface area contributed by atoms with E-state index < -0.39 is 37.0 Å². The van der Waals surface area contributed by atoms with Crippen molar-refractivity contribution in [3.05, 3.63) is 71.2 Å². The van der Waals surface area contributed by atoms with Gasteiger partial charge in [-0.2, -0.15) is 18.3 Å². The summed E-state index contributed by atoms with van der Waals surface area (Å²) in [6, 6.07) is 8.86. The first-order valence-corrected chi connectivity index (χ1v) is 12.5. The van der Waals surface area contributed by atoms with E-state index in [2.05, 4.69) is 15.1 Å². The number of morpholine rings is 1. The fourth-order valence-electron chi connectivity index (χ4n) is 5.11. The van der Waals surface area contributed by atoms with Gasteiger partial charge in [0.1, 0.15) is 6.54 Å². The van der Waals surface area contributed by atoms with Crippen molar-refractivity contribution in [2.45, 2.75) is 25.7 Å². The Morgan fingerprint density at radius 2 is 1.93 bits per heavy atom. The molecule has 0 aliphatic carbocycles. The zero-order valence-corrected chi connectivity index (χ0v) is 21.6. The van der Waals surface area contributed by atoms with Crippen LogP contribution in [0.1, 0.15) is 5.56 Å². The maximum atomic E-state index is 13.7. The van der Waals surface area contributed by atoms with E-state index in [4.69, 9.17) is 4.74 Å². The predicted octanol–water partition coefficient (Wildman–Crippen LogP) is 3.23. The standard InChI is InChI=1S/C27H24F3N7O3/c1-16-4-3-5-21-25(16)37(26(39)36(21)15-24(38)35-8-9-40-23(14-35)27(28,29)30)17-6-7-20(32-10-17)18-11-31-13-22-19(18)12-33-34(22)2/h3-7,10-13,23H,8-9,14-15H2,1-2H3/t23-/m0/s1. The number of rotatable bonds is 4. The summed E-state index contributed by atoms with van der Waals surface area (Å²) in [5, 5.41) is 5.17. The van der Waals surface area contributed by atoms with Gasteiger partial charge in [0.05, 0.1) is 59.7 Å². The zero-order valence-electron chi connectivity index (χ0n) is 21.6. The van der Waals surface area contributed by atoms with E-state index in [0.717, 1.165) is 26.9 Å². The van der Waals surface area contributed by atoms with Crippen LogP contribution in [0.4, 0.5) is 13.2 Å². The number of halogens is 3. The molecule has 1 saturated heterocycles. The Morgan fingerprint density at radius 1 is 1.10 bits per heavy atom. The molecule has 0 unspecified atom stereocenters. The van der Waals surface area contributed by atoms with Crippen LogP contribution in [0.2, 0.25) is 0 Å². The Hall–Kier alpha value is -4.52. The summed E-state index contributed by atoms with van der Waals surface area (Å²) in [7, 11) is 1.83. The van der Waals surface area contributed by atoms with E-state index in [-0.39, 0.29) is 13.2 Å². The number of imidazole rings is 1. The van der Waals surface area contributed by atoms with Crippen molar-refractivity contribution in [3.8, 4) is 16.9 Å². The summed E-state index contributed by atoms with van der Waals surface area (Å²) in [6.07, 6.45) is 0.0999. The molecule has 6 rings (SSSR count). The van der Waals surface area contributed by atoms with E-state index in [9.17, 15) is 22.8 Å². The molecule has 0 bridgehead atoms. The highest BCUT2D eigenvalue weighted by molar-refractivity contribution is 5.92. The number of pyridine rings is 2. The minimum atomic E-state index is -4.58. The highest BCUT2D eigenvalue weighted by Crippen LogP contribution is 2.28. The summed E-state index contributed by atoms with van der Waals surface area (Å²) in [5.41, 5.74) is 4.13. The molecule has 1 fully saturated rings. The summed E-state index contributed by atoms with van der Waals surface area (Å²) in [6.45, 7) is 0.611. The average Bonchev–Trinajstić information content (AvgIpc) is 3.46. The predicted molar refractivity (Wildman–Crippen MR) is 140 cm³/mol. The zero-order chi connectivity index (χ0) is 28.2. The Morgan fingerprint density at radius 3 is 2.67 bits per heavy atom. The first kappa shape index (κ1) is 25.7. The molecule has 1 aliphatic heterocycles. The van der Waals surface area contributed by atoms with E-state index in [1.165, 1.54) is 9.13 Å². The van der Waals surface area contributed by atoms with E-state index in [1.807, 2.05) is 20.0 Å². The summed E-state index contributed by atoms with van der Waals surface area (Å²) < 4.78 is 48.9. The molecule has 1 aromatic carbocycles. The van der Waals surface area contributed by atoms with Crippen LogP contribution < -0.4 is 5.69 Å². The lowest BCUT2D eigenvalue weighted by Crippen LogP contribution is -2.52. The largest absolute Gasteiger partial charge is 0.416 e. The lowest BCUT2D eigenvalue weighted by Gasteiger charge is -2.33. The average molecular weight is 552 g/mol. The maximum Gasteiger partial charge on any atom is 0.416 e. The van der Waals surface area contributed by atoms with Gasteiger partial charge >= 0.3 is 11.9 Å². The van der Waals surface area contributed by atoms with Gasteiger partial charge in [-0.3, -0.25) is 28.6 Å². The molecule has 5 aromatic rings. The van der Waals surface area contributed by atoms with Crippen molar-refractivity contribution in [1.82, 2.24) is 33.8 Å². The molecule has 10 nitrogen and oxygen atoms in total. The summed E-state index contributed by atoms with van der Waals surface area (Å²) in [5.74, 6) is -0.592. The number of alkyl halides is 3. The lowest BCUT2D eigenvalue weighted by molar-refractivity contribution is -0.236. The van der Waals surface area contributed by atoms with E-state index in [0.29, 0.717) is 22.4 Å². The number of carbonyl (C=O) groups is 1. The molecule has 0 spiro atoms. The highest BCUT2D eigenvalue weighted by Gasteiger charge is 2.44. The molecule has 0 N–H and O–H groups in total. The molecular weight excluding hydrogens is 527 g/mol. The minimum absolute atomic E-state index is 0.0156. The molecule has 0 radical (unpaired) electrons. The summed E-state index contributed by atoms with van der Waals surface area (Å²) >= 11 is 0. The van der Waals surface area contributed by atoms with E-state index >= 15 is 0 Å². The third-order valence-corrected chi connectivity index (χ3v) is 7.19. The topological polar surface area (TPSA) is 100 Å². The molecule has 5 heterocycles. The number of amides is 1.